The van der Waals surface area contributed by atoms with Crippen molar-refractivity contribution in [1.82, 2.24) is 25.2 Å². The number of sulfonamides is 1. The van der Waals surface area contributed by atoms with E-state index in [1.54, 1.807) is 0 Å². The predicted molar refractivity (Wildman–Crippen MR) is 60.2 cm³/mol. The van der Waals surface area contributed by atoms with Crippen LogP contribution in [-0.2, 0) is 16.6 Å². The molecule has 8 heteroatoms. The number of nitrogens with one attached hydrogen (secondary N) is 3. The van der Waals surface area contributed by atoms with E-state index in [0.717, 1.165) is 13.0 Å². The molecule has 0 radical (unpaired) electrons. The van der Waals surface area contributed by atoms with Gasteiger partial charge in [-0.3, -0.25) is 5.10 Å². The van der Waals surface area contributed by atoms with E-state index in [1.165, 1.54) is 6.33 Å². The van der Waals surface area contributed by atoms with Crippen LogP contribution >= 0.6 is 0 Å². The average Bonchev–Trinajstić information content (AvgIpc) is 2.75. The minimum Gasteiger partial charge on any atom is -0.320 e. The zero-order chi connectivity index (χ0) is 11.9. The predicted octanol–water partition coefficient (Wildman–Crippen LogP) is -0.776. The van der Waals surface area contributed by atoms with Crippen LogP contribution in [0.25, 0.3) is 0 Å². The standard InChI is InChI=1S/C8H17N5O2S/c1-9-4-2-3-5-16(14,15)12-6-8-10-7-11-13-8/h7,9,12H,2-6H2,1H3,(H,10,11,13). The van der Waals surface area contributed by atoms with Crippen molar-refractivity contribution in [2.24, 2.45) is 0 Å². The number of unbranched alkanes of at least 4 members (excludes halogenated alkanes) is 1. The van der Waals surface area contributed by atoms with Gasteiger partial charge >= 0.3 is 0 Å². The van der Waals surface area contributed by atoms with Crippen LogP contribution in [-0.4, -0.2) is 42.9 Å². The zero-order valence-electron chi connectivity index (χ0n) is 9.23. The van der Waals surface area contributed by atoms with E-state index >= 15 is 0 Å². The van der Waals surface area contributed by atoms with E-state index in [0.29, 0.717) is 12.2 Å². The molecule has 0 aliphatic carbocycles. The Bertz CT molecular complexity index is 375. The lowest BCUT2D eigenvalue weighted by Crippen LogP contribution is -2.26. The van der Waals surface area contributed by atoms with Gasteiger partial charge in [0.1, 0.15) is 12.2 Å². The number of hydrogen-bond acceptors (Lipinski definition) is 5. The van der Waals surface area contributed by atoms with Gasteiger partial charge in [-0.15, -0.1) is 0 Å². The molecule has 0 aromatic carbocycles. The molecule has 0 amide bonds. The molecule has 0 aliphatic heterocycles. The average molecular weight is 247 g/mol. The van der Waals surface area contributed by atoms with E-state index in [9.17, 15) is 8.42 Å². The Kier molecular flexibility index (Phi) is 5.36. The molecule has 1 rings (SSSR count). The molecule has 7 nitrogen and oxygen atoms in total. The normalized spacial score (nSPS) is 11.8. The summed E-state index contributed by atoms with van der Waals surface area (Å²) in [4.78, 5) is 3.83. The quantitative estimate of drug-likeness (QED) is 0.523. The van der Waals surface area contributed by atoms with Crippen molar-refractivity contribution in [3.05, 3.63) is 12.2 Å². The Morgan fingerprint density at radius 3 is 2.88 bits per heavy atom. The highest BCUT2D eigenvalue weighted by Crippen LogP contribution is 1.95. The Labute approximate surface area is 95.1 Å². The van der Waals surface area contributed by atoms with Crippen molar-refractivity contribution >= 4 is 10.0 Å². The molecule has 0 spiro atoms. The van der Waals surface area contributed by atoms with Crippen LogP contribution in [0.1, 0.15) is 18.7 Å². The largest absolute Gasteiger partial charge is 0.320 e. The summed E-state index contributed by atoms with van der Waals surface area (Å²) in [6.45, 7) is 0.992. The van der Waals surface area contributed by atoms with Crippen LogP contribution in [0.2, 0.25) is 0 Å². The molecule has 0 bridgehead atoms. The molecule has 92 valence electrons. The highest BCUT2D eigenvalue weighted by atomic mass is 32.2. The molecule has 0 atom stereocenters. The van der Waals surface area contributed by atoms with Gasteiger partial charge < -0.3 is 5.32 Å². The molecular weight excluding hydrogens is 230 g/mol. The van der Waals surface area contributed by atoms with E-state index < -0.39 is 10.0 Å². The van der Waals surface area contributed by atoms with Gasteiger partial charge in [0.25, 0.3) is 0 Å². The molecule has 16 heavy (non-hydrogen) atoms. The lowest BCUT2D eigenvalue weighted by Gasteiger charge is -2.04. The first kappa shape index (κ1) is 13.1. The van der Waals surface area contributed by atoms with Gasteiger partial charge in [0.15, 0.2) is 0 Å². The Balaban J connectivity index is 2.23. The van der Waals surface area contributed by atoms with Gasteiger partial charge in [-0.05, 0) is 26.4 Å². The topological polar surface area (TPSA) is 99.8 Å². The number of aromatic nitrogens is 3. The van der Waals surface area contributed by atoms with Crippen LogP contribution in [0, 0.1) is 0 Å². The van der Waals surface area contributed by atoms with Crippen molar-refractivity contribution in [1.29, 1.82) is 0 Å². The fourth-order valence-corrected chi connectivity index (χ4v) is 2.25. The molecule has 0 unspecified atom stereocenters. The van der Waals surface area contributed by atoms with Crippen LogP contribution in [0.5, 0.6) is 0 Å². The number of rotatable bonds is 8. The number of aromatic amines is 1. The lowest BCUT2D eigenvalue weighted by molar-refractivity contribution is 0.573. The molecular formula is C8H17N5O2S. The third-order valence-electron chi connectivity index (χ3n) is 2.01. The second-order valence-corrected chi connectivity index (χ2v) is 5.31. The summed E-state index contributed by atoms with van der Waals surface area (Å²) in [6, 6.07) is 0. The maximum Gasteiger partial charge on any atom is 0.212 e. The summed E-state index contributed by atoms with van der Waals surface area (Å²) in [5, 5.41) is 9.19. The first-order valence-corrected chi connectivity index (χ1v) is 6.75. The summed E-state index contributed by atoms with van der Waals surface area (Å²) in [5.74, 6) is 0.654. The fourth-order valence-electron chi connectivity index (χ4n) is 1.16. The first-order valence-electron chi connectivity index (χ1n) is 5.10. The third kappa shape index (κ3) is 5.19. The number of hydrogen-bond donors (Lipinski definition) is 3. The second kappa shape index (κ2) is 6.56. The highest BCUT2D eigenvalue weighted by molar-refractivity contribution is 7.89. The molecule has 0 saturated carbocycles. The molecule has 1 heterocycles. The van der Waals surface area contributed by atoms with Crippen molar-refractivity contribution < 1.29 is 8.42 Å². The minimum atomic E-state index is -3.20. The summed E-state index contributed by atoms with van der Waals surface area (Å²) in [6.07, 6.45) is 2.84. The number of H-pyrrole nitrogens is 1. The summed E-state index contributed by atoms with van der Waals surface area (Å²) < 4.78 is 25.4. The first-order chi connectivity index (χ1) is 7.64. The third-order valence-corrected chi connectivity index (χ3v) is 3.42. The van der Waals surface area contributed by atoms with Crippen molar-refractivity contribution in [3.8, 4) is 0 Å². The Morgan fingerprint density at radius 1 is 1.44 bits per heavy atom. The Hall–Kier alpha value is -0.990. The summed E-state index contributed by atoms with van der Waals surface area (Å²) in [5.41, 5.74) is 0. The summed E-state index contributed by atoms with van der Waals surface area (Å²) >= 11 is 0. The van der Waals surface area contributed by atoms with E-state index in [1.807, 2.05) is 7.05 Å². The molecule has 1 aromatic heterocycles. The molecule has 0 aliphatic rings. The minimum absolute atomic E-state index is 0.142. The van der Waals surface area contributed by atoms with Gasteiger partial charge in [-0.1, -0.05) is 0 Å². The maximum atomic E-state index is 11.5. The van der Waals surface area contributed by atoms with Crippen molar-refractivity contribution in [2.45, 2.75) is 19.4 Å². The maximum absolute atomic E-state index is 11.5. The monoisotopic (exact) mass is 247 g/mol. The zero-order valence-corrected chi connectivity index (χ0v) is 10.0. The van der Waals surface area contributed by atoms with Gasteiger partial charge in [0, 0.05) is 0 Å². The van der Waals surface area contributed by atoms with Crippen LogP contribution < -0.4 is 10.0 Å². The highest BCUT2D eigenvalue weighted by Gasteiger charge is 2.09. The van der Waals surface area contributed by atoms with Gasteiger partial charge in [-0.25, -0.2) is 18.1 Å². The van der Waals surface area contributed by atoms with Gasteiger partial charge in [0.2, 0.25) is 10.0 Å². The van der Waals surface area contributed by atoms with Gasteiger partial charge in [-0.2, -0.15) is 5.10 Å². The van der Waals surface area contributed by atoms with E-state index in [2.05, 4.69) is 25.2 Å². The lowest BCUT2D eigenvalue weighted by atomic mass is 10.3. The van der Waals surface area contributed by atoms with Crippen LogP contribution in [0.3, 0.4) is 0 Å². The SMILES string of the molecule is CNCCCCS(=O)(=O)NCc1ncn[nH]1. The molecule has 3 N–H and O–H groups in total. The van der Waals surface area contributed by atoms with Crippen LogP contribution in [0.15, 0.2) is 6.33 Å². The molecule has 1 aromatic rings. The number of nitrogens with zero attached hydrogens (tertiary/aromatic N) is 2. The Morgan fingerprint density at radius 2 is 2.25 bits per heavy atom. The molecule has 0 saturated heterocycles. The fraction of sp³-hybridized carbons (Fsp3) is 0.750. The van der Waals surface area contributed by atoms with E-state index in [4.69, 9.17) is 0 Å². The van der Waals surface area contributed by atoms with E-state index in [-0.39, 0.29) is 12.3 Å². The summed E-state index contributed by atoms with van der Waals surface area (Å²) in [7, 11) is -1.36. The van der Waals surface area contributed by atoms with Crippen molar-refractivity contribution in [3.63, 3.8) is 0 Å². The van der Waals surface area contributed by atoms with Gasteiger partial charge in [0.05, 0.1) is 12.3 Å². The van der Waals surface area contributed by atoms with Crippen LogP contribution in [0.4, 0.5) is 0 Å². The smallest absolute Gasteiger partial charge is 0.212 e. The molecule has 0 fully saturated rings. The van der Waals surface area contributed by atoms with Crippen molar-refractivity contribution in [2.75, 3.05) is 19.3 Å². The second-order valence-electron chi connectivity index (χ2n) is 3.38.